The number of aromatic amines is 1. The van der Waals surface area contributed by atoms with E-state index in [1.807, 2.05) is 0 Å². The predicted molar refractivity (Wildman–Crippen MR) is 57.7 cm³/mol. The summed E-state index contributed by atoms with van der Waals surface area (Å²) in [5.74, 6) is -6.88. The van der Waals surface area contributed by atoms with Crippen LogP contribution in [0.1, 0.15) is 16.2 Å². The van der Waals surface area contributed by atoms with Gasteiger partial charge in [-0.25, -0.2) is 13.8 Å². The standard InChI is InChI=1S/C11H8F3N3O2/c12-6-3-5(8(13)10(18)9(6)14)11(19)17-4-7-15-1-2-16-7/h1-3,18H,4H2,(H,15,16)(H,17,19). The Labute approximate surface area is 105 Å². The van der Waals surface area contributed by atoms with Crippen molar-refractivity contribution in [1.82, 2.24) is 15.3 Å². The van der Waals surface area contributed by atoms with E-state index in [9.17, 15) is 18.0 Å². The topological polar surface area (TPSA) is 78.0 Å². The third-order valence-corrected chi connectivity index (χ3v) is 2.35. The van der Waals surface area contributed by atoms with Crippen LogP contribution in [0.5, 0.6) is 5.75 Å². The van der Waals surface area contributed by atoms with Gasteiger partial charge in [0, 0.05) is 12.4 Å². The van der Waals surface area contributed by atoms with Gasteiger partial charge in [0.15, 0.2) is 17.4 Å². The second kappa shape index (κ2) is 5.01. The molecule has 0 aliphatic heterocycles. The molecule has 0 saturated heterocycles. The van der Waals surface area contributed by atoms with Crippen LogP contribution >= 0.6 is 0 Å². The van der Waals surface area contributed by atoms with Crippen molar-refractivity contribution >= 4 is 5.91 Å². The first-order valence-corrected chi connectivity index (χ1v) is 5.13. The number of halogens is 3. The molecule has 8 heteroatoms. The predicted octanol–water partition coefficient (Wildman–Crippen LogP) is 1.46. The minimum Gasteiger partial charge on any atom is -0.503 e. The van der Waals surface area contributed by atoms with Crippen LogP contribution in [-0.2, 0) is 6.54 Å². The van der Waals surface area contributed by atoms with Gasteiger partial charge in [-0.05, 0) is 6.07 Å². The van der Waals surface area contributed by atoms with Gasteiger partial charge in [0.25, 0.3) is 5.91 Å². The van der Waals surface area contributed by atoms with Crippen molar-refractivity contribution in [2.45, 2.75) is 6.54 Å². The largest absolute Gasteiger partial charge is 0.503 e. The Morgan fingerprint density at radius 1 is 1.37 bits per heavy atom. The molecule has 0 saturated carbocycles. The van der Waals surface area contributed by atoms with E-state index in [4.69, 9.17) is 5.11 Å². The number of imidazole rings is 1. The molecular formula is C11H8F3N3O2. The number of hydrogen-bond donors (Lipinski definition) is 3. The molecule has 0 aliphatic carbocycles. The second-order valence-corrected chi connectivity index (χ2v) is 3.60. The fourth-order valence-electron chi connectivity index (χ4n) is 1.41. The summed E-state index contributed by atoms with van der Waals surface area (Å²) in [6.07, 6.45) is 2.97. The van der Waals surface area contributed by atoms with Crippen LogP contribution in [0, 0.1) is 17.5 Å². The van der Waals surface area contributed by atoms with E-state index in [-0.39, 0.29) is 6.54 Å². The van der Waals surface area contributed by atoms with Gasteiger partial charge in [-0.3, -0.25) is 4.79 Å². The van der Waals surface area contributed by atoms with Crippen LogP contribution in [0.25, 0.3) is 0 Å². The number of phenols is 1. The van der Waals surface area contributed by atoms with Gasteiger partial charge in [0.05, 0.1) is 12.1 Å². The zero-order valence-corrected chi connectivity index (χ0v) is 9.38. The van der Waals surface area contributed by atoms with Gasteiger partial charge in [-0.15, -0.1) is 0 Å². The van der Waals surface area contributed by atoms with Gasteiger partial charge in [-0.1, -0.05) is 0 Å². The number of nitrogens with one attached hydrogen (secondary N) is 2. The number of benzene rings is 1. The summed E-state index contributed by atoms with van der Waals surface area (Å²) < 4.78 is 39.2. The number of rotatable bonds is 3. The van der Waals surface area contributed by atoms with Gasteiger partial charge < -0.3 is 15.4 Å². The molecule has 19 heavy (non-hydrogen) atoms. The maximum absolute atomic E-state index is 13.4. The summed E-state index contributed by atoms with van der Waals surface area (Å²) in [4.78, 5) is 18.1. The Kier molecular flexibility index (Phi) is 3.41. The van der Waals surface area contributed by atoms with E-state index in [1.165, 1.54) is 12.4 Å². The Morgan fingerprint density at radius 3 is 2.74 bits per heavy atom. The van der Waals surface area contributed by atoms with E-state index in [1.54, 1.807) is 0 Å². The zero-order valence-electron chi connectivity index (χ0n) is 9.38. The number of phenolic OH excluding ortho intramolecular Hbond substituents is 1. The molecule has 5 nitrogen and oxygen atoms in total. The Morgan fingerprint density at radius 2 is 2.11 bits per heavy atom. The molecule has 0 bridgehead atoms. The number of carbonyl (C=O) groups excluding carboxylic acids is 1. The summed E-state index contributed by atoms with van der Waals surface area (Å²) in [6, 6.07) is 0.377. The van der Waals surface area contributed by atoms with Crippen LogP contribution in [0.2, 0.25) is 0 Å². The van der Waals surface area contributed by atoms with E-state index in [0.29, 0.717) is 11.9 Å². The minimum atomic E-state index is -1.74. The lowest BCUT2D eigenvalue weighted by molar-refractivity contribution is 0.0944. The molecule has 1 amide bonds. The maximum Gasteiger partial charge on any atom is 0.254 e. The van der Waals surface area contributed by atoms with Crippen molar-refractivity contribution in [1.29, 1.82) is 0 Å². The summed E-state index contributed by atoms with van der Waals surface area (Å²) in [5, 5.41) is 11.2. The molecule has 0 radical (unpaired) electrons. The molecule has 3 N–H and O–H groups in total. The number of carbonyl (C=O) groups is 1. The number of aromatic hydroxyl groups is 1. The first-order chi connectivity index (χ1) is 9.00. The third kappa shape index (κ3) is 2.51. The van der Waals surface area contributed by atoms with E-state index in [0.717, 1.165) is 0 Å². The minimum absolute atomic E-state index is 0.0506. The lowest BCUT2D eigenvalue weighted by atomic mass is 10.1. The highest BCUT2D eigenvalue weighted by molar-refractivity contribution is 5.94. The third-order valence-electron chi connectivity index (χ3n) is 2.35. The molecular weight excluding hydrogens is 263 g/mol. The van der Waals surface area contributed by atoms with Crippen molar-refractivity contribution in [2.75, 3.05) is 0 Å². The van der Waals surface area contributed by atoms with Crippen molar-refractivity contribution in [3.63, 3.8) is 0 Å². The van der Waals surface area contributed by atoms with Gasteiger partial charge in [-0.2, -0.15) is 4.39 Å². The number of H-pyrrole nitrogens is 1. The van der Waals surface area contributed by atoms with Crippen LogP contribution in [0.4, 0.5) is 13.2 Å². The van der Waals surface area contributed by atoms with E-state index < -0.39 is 34.7 Å². The molecule has 1 aromatic heterocycles. The SMILES string of the molecule is O=C(NCc1ncc[nH]1)c1cc(F)c(F)c(O)c1F. The summed E-state index contributed by atoms with van der Waals surface area (Å²) in [6.45, 7) is -0.0506. The maximum atomic E-state index is 13.4. The monoisotopic (exact) mass is 271 g/mol. The van der Waals surface area contributed by atoms with Crippen LogP contribution in [0.15, 0.2) is 18.5 Å². The smallest absolute Gasteiger partial charge is 0.254 e. The molecule has 0 atom stereocenters. The Bertz CT molecular complexity index is 614. The molecule has 1 aromatic carbocycles. The van der Waals surface area contributed by atoms with Gasteiger partial charge in [0.2, 0.25) is 5.82 Å². The molecule has 1 heterocycles. The zero-order chi connectivity index (χ0) is 14.0. The molecule has 100 valence electrons. The first-order valence-electron chi connectivity index (χ1n) is 5.13. The molecule has 0 spiro atoms. The summed E-state index contributed by atoms with van der Waals surface area (Å²) in [5.41, 5.74) is -0.789. The fraction of sp³-hybridized carbons (Fsp3) is 0.0909. The van der Waals surface area contributed by atoms with Crippen molar-refractivity contribution in [3.8, 4) is 5.75 Å². The van der Waals surface area contributed by atoms with E-state index >= 15 is 0 Å². The quantitative estimate of drug-likeness (QED) is 0.739. The molecule has 2 rings (SSSR count). The fourth-order valence-corrected chi connectivity index (χ4v) is 1.41. The Hall–Kier alpha value is -2.51. The second-order valence-electron chi connectivity index (χ2n) is 3.60. The van der Waals surface area contributed by atoms with Crippen molar-refractivity contribution < 1.29 is 23.1 Å². The average Bonchev–Trinajstić information content (AvgIpc) is 2.91. The Balaban J connectivity index is 2.20. The highest BCUT2D eigenvalue weighted by Crippen LogP contribution is 2.25. The normalized spacial score (nSPS) is 10.5. The number of nitrogens with zero attached hydrogens (tertiary/aromatic N) is 1. The lowest BCUT2D eigenvalue weighted by Crippen LogP contribution is -2.24. The number of hydrogen-bond acceptors (Lipinski definition) is 3. The molecule has 0 unspecified atom stereocenters. The van der Waals surface area contributed by atoms with Gasteiger partial charge >= 0.3 is 0 Å². The lowest BCUT2D eigenvalue weighted by Gasteiger charge is -2.07. The highest BCUT2D eigenvalue weighted by atomic mass is 19.2. The van der Waals surface area contributed by atoms with Crippen molar-refractivity contribution in [3.05, 3.63) is 47.3 Å². The van der Waals surface area contributed by atoms with Crippen LogP contribution in [0.3, 0.4) is 0 Å². The van der Waals surface area contributed by atoms with E-state index in [2.05, 4.69) is 15.3 Å². The van der Waals surface area contributed by atoms with Crippen LogP contribution < -0.4 is 5.32 Å². The van der Waals surface area contributed by atoms with Crippen LogP contribution in [-0.4, -0.2) is 21.0 Å². The summed E-state index contributed by atoms with van der Waals surface area (Å²) in [7, 11) is 0. The first kappa shape index (κ1) is 12.9. The molecule has 0 fully saturated rings. The summed E-state index contributed by atoms with van der Waals surface area (Å²) >= 11 is 0. The number of amides is 1. The average molecular weight is 271 g/mol. The highest BCUT2D eigenvalue weighted by Gasteiger charge is 2.22. The molecule has 0 aliphatic rings. The molecule has 2 aromatic rings. The van der Waals surface area contributed by atoms with Crippen molar-refractivity contribution in [2.24, 2.45) is 0 Å². The number of aromatic nitrogens is 2. The van der Waals surface area contributed by atoms with Gasteiger partial charge in [0.1, 0.15) is 5.82 Å².